The first-order valence-corrected chi connectivity index (χ1v) is 11.0. The second-order valence-corrected chi connectivity index (χ2v) is 8.39. The summed E-state index contributed by atoms with van der Waals surface area (Å²) in [4.78, 5) is 28.0. The smallest absolute Gasteiger partial charge is 0.259 e. The minimum atomic E-state index is -0.0718. The standard InChI is InChI=1S/C21H23BrN2O3S/c1-27-12-10-23-20(25)14-28-19-7-3-2-6-17(19)21(26)24-11-4-5-15-13-16(22)8-9-18(15)24/h2-3,6-9,13H,4-5,10-12,14H2,1H3,(H,23,25). The number of carbonyl (C=O) groups excluding carboxylic acids is 2. The average molecular weight is 463 g/mol. The zero-order chi connectivity index (χ0) is 19.9. The van der Waals surface area contributed by atoms with Crippen molar-refractivity contribution in [3.05, 3.63) is 58.1 Å². The Hall–Kier alpha value is -1.83. The molecular formula is C21H23BrN2O3S. The number of fused-ring (bicyclic) bond motifs is 1. The highest BCUT2D eigenvalue weighted by molar-refractivity contribution is 9.10. The van der Waals surface area contributed by atoms with Gasteiger partial charge in [-0.25, -0.2) is 0 Å². The minimum Gasteiger partial charge on any atom is -0.383 e. The van der Waals surface area contributed by atoms with Gasteiger partial charge in [0, 0.05) is 35.3 Å². The number of amides is 2. The first-order valence-electron chi connectivity index (χ1n) is 9.18. The van der Waals surface area contributed by atoms with E-state index in [1.54, 1.807) is 7.11 Å². The number of thioether (sulfide) groups is 1. The number of ether oxygens (including phenoxy) is 1. The number of benzene rings is 2. The first-order chi connectivity index (χ1) is 13.6. The lowest BCUT2D eigenvalue weighted by atomic mass is 10.0. The van der Waals surface area contributed by atoms with Gasteiger partial charge in [-0.1, -0.05) is 28.1 Å². The van der Waals surface area contributed by atoms with Crippen molar-refractivity contribution in [3.63, 3.8) is 0 Å². The predicted molar refractivity (Wildman–Crippen MR) is 116 cm³/mol. The summed E-state index contributed by atoms with van der Waals surface area (Å²) in [6.07, 6.45) is 1.91. The van der Waals surface area contributed by atoms with Crippen molar-refractivity contribution in [2.24, 2.45) is 0 Å². The van der Waals surface area contributed by atoms with E-state index in [1.165, 1.54) is 17.3 Å². The van der Waals surface area contributed by atoms with E-state index in [0.29, 0.717) is 25.3 Å². The fraction of sp³-hybridized carbons (Fsp3) is 0.333. The van der Waals surface area contributed by atoms with Gasteiger partial charge in [-0.2, -0.15) is 0 Å². The van der Waals surface area contributed by atoms with Crippen molar-refractivity contribution in [3.8, 4) is 0 Å². The first kappa shape index (κ1) is 20.9. The highest BCUT2D eigenvalue weighted by Gasteiger charge is 2.25. The van der Waals surface area contributed by atoms with E-state index in [1.807, 2.05) is 41.3 Å². The van der Waals surface area contributed by atoms with Crippen LogP contribution in [0.1, 0.15) is 22.3 Å². The average Bonchev–Trinajstić information content (AvgIpc) is 2.71. The van der Waals surface area contributed by atoms with Crippen LogP contribution in [0.4, 0.5) is 5.69 Å². The number of anilines is 1. The van der Waals surface area contributed by atoms with Crippen LogP contribution in [0.5, 0.6) is 0 Å². The summed E-state index contributed by atoms with van der Waals surface area (Å²) in [5.41, 5.74) is 2.78. The molecule has 1 N–H and O–H groups in total. The third-order valence-electron chi connectivity index (χ3n) is 4.51. The quantitative estimate of drug-likeness (QED) is 0.500. The molecule has 0 unspecified atom stereocenters. The van der Waals surface area contributed by atoms with Crippen LogP contribution < -0.4 is 10.2 Å². The molecule has 1 aliphatic rings. The van der Waals surface area contributed by atoms with E-state index in [-0.39, 0.29) is 17.6 Å². The number of nitrogens with zero attached hydrogens (tertiary/aromatic N) is 1. The zero-order valence-electron chi connectivity index (χ0n) is 15.7. The van der Waals surface area contributed by atoms with Crippen LogP contribution in [0, 0.1) is 0 Å². The topological polar surface area (TPSA) is 58.6 Å². The van der Waals surface area contributed by atoms with E-state index in [0.717, 1.165) is 27.9 Å². The highest BCUT2D eigenvalue weighted by Crippen LogP contribution is 2.32. The molecule has 0 fully saturated rings. The molecule has 0 saturated heterocycles. The number of hydrogen-bond donors (Lipinski definition) is 1. The van der Waals surface area contributed by atoms with Crippen LogP contribution in [-0.2, 0) is 16.0 Å². The largest absolute Gasteiger partial charge is 0.383 e. The lowest BCUT2D eigenvalue weighted by molar-refractivity contribution is -0.118. The van der Waals surface area contributed by atoms with Gasteiger partial charge in [0.2, 0.25) is 5.91 Å². The highest BCUT2D eigenvalue weighted by atomic mass is 79.9. The summed E-state index contributed by atoms with van der Waals surface area (Å²) in [5, 5.41) is 2.80. The van der Waals surface area contributed by atoms with Crippen molar-refractivity contribution in [1.29, 1.82) is 0 Å². The maximum absolute atomic E-state index is 13.3. The number of halogens is 1. The molecule has 0 atom stereocenters. The number of aryl methyl sites for hydroxylation is 1. The van der Waals surface area contributed by atoms with Gasteiger partial charge < -0.3 is 15.0 Å². The maximum Gasteiger partial charge on any atom is 0.259 e. The third-order valence-corrected chi connectivity index (χ3v) is 6.08. The molecule has 3 rings (SSSR count). The van der Waals surface area contributed by atoms with Crippen molar-refractivity contribution < 1.29 is 14.3 Å². The molecule has 2 amide bonds. The Bertz CT molecular complexity index is 859. The predicted octanol–water partition coefficient (Wildman–Crippen LogP) is 3.90. The molecule has 2 aromatic carbocycles. The van der Waals surface area contributed by atoms with Crippen molar-refractivity contribution in [2.45, 2.75) is 17.7 Å². The fourth-order valence-corrected chi connectivity index (χ4v) is 4.46. The molecule has 0 aromatic heterocycles. The van der Waals surface area contributed by atoms with E-state index in [9.17, 15) is 9.59 Å². The monoisotopic (exact) mass is 462 g/mol. The Morgan fingerprint density at radius 1 is 1.25 bits per heavy atom. The van der Waals surface area contributed by atoms with Crippen molar-refractivity contribution in [2.75, 3.05) is 37.5 Å². The second kappa shape index (κ2) is 10.1. The molecule has 28 heavy (non-hydrogen) atoms. The number of nitrogens with one attached hydrogen (secondary N) is 1. The summed E-state index contributed by atoms with van der Waals surface area (Å²) in [6, 6.07) is 13.5. The van der Waals surface area contributed by atoms with Gasteiger partial charge in [0.25, 0.3) is 5.91 Å². The van der Waals surface area contributed by atoms with Crippen LogP contribution >= 0.6 is 27.7 Å². The molecule has 7 heteroatoms. The summed E-state index contributed by atoms with van der Waals surface area (Å²) in [5.74, 6) is 0.168. The van der Waals surface area contributed by atoms with Crippen LogP contribution in [0.2, 0.25) is 0 Å². The summed E-state index contributed by atoms with van der Waals surface area (Å²) in [6.45, 7) is 1.66. The second-order valence-electron chi connectivity index (χ2n) is 6.46. The molecule has 0 aliphatic carbocycles. The summed E-state index contributed by atoms with van der Waals surface area (Å²) >= 11 is 4.89. The SMILES string of the molecule is COCCNC(=O)CSc1ccccc1C(=O)N1CCCc2cc(Br)ccc21. The van der Waals surface area contributed by atoms with Crippen LogP contribution in [0.3, 0.4) is 0 Å². The lowest BCUT2D eigenvalue weighted by Gasteiger charge is -2.30. The van der Waals surface area contributed by atoms with Gasteiger partial charge in [-0.15, -0.1) is 11.8 Å². The number of hydrogen-bond acceptors (Lipinski definition) is 4. The van der Waals surface area contributed by atoms with Gasteiger partial charge in [-0.3, -0.25) is 9.59 Å². The Morgan fingerprint density at radius 3 is 2.89 bits per heavy atom. The Kier molecular flexibility index (Phi) is 7.53. The van der Waals surface area contributed by atoms with E-state index >= 15 is 0 Å². The van der Waals surface area contributed by atoms with Gasteiger partial charge in [0.15, 0.2) is 0 Å². The molecule has 0 radical (unpaired) electrons. The van der Waals surface area contributed by atoms with Gasteiger partial charge in [0.1, 0.15) is 0 Å². The Balaban J connectivity index is 1.74. The third kappa shape index (κ3) is 5.16. The van der Waals surface area contributed by atoms with E-state index in [4.69, 9.17) is 4.74 Å². The summed E-state index contributed by atoms with van der Waals surface area (Å²) < 4.78 is 5.96. The fourth-order valence-electron chi connectivity index (χ4n) is 3.18. The molecular weight excluding hydrogens is 440 g/mol. The number of rotatable bonds is 7. The molecule has 0 spiro atoms. The normalized spacial score (nSPS) is 13.1. The molecule has 1 heterocycles. The maximum atomic E-state index is 13.3. The van der Waals surface area contributed by atoms with Gasteiger partial charge >= 0.3 is 0 Å². The van der Waals surface area contributed by atoms with Crippen molar-refractivity contribution in [1.82, 2.24) is 5.32 Å². The molecule has 2 aromatic rings. The summed E-state index contributed by atoms with van der Waals surface area (Å²) in [7, 11) is 1.60. The van der Waals surface area contributed by atoms with Crippen molar-refractivity contribution >= 4 is 45.2 Å². The molecule has 5 nitrogen and oxygen atoms in total. The molecule has 0 saturated carbocycles. The molecule has 148 valence electrons. The van der Waals surface area contributed by atoms with Gasteiger partial charge in [0.05, 0.1) is 17.9 Å². The Morgan fingerprint density at radius 2 is 2.07 bits per heavy atom. The molecule has 1 aliphatic heterocycles. The van der Waals surface area contributed by atoms with E-state index in [2.05, 4.69) is 27.3 Å². The number of methoxy groups -OCH3 is 1. The Labute approximate surface area is 178 Å². The van der Waals surface area contributed by atoms with E-state index < -0.39 is 0 Å². The van der Waals surface area contributed by atoms with Crippen LogP contribution in [-0.4, -0.2) is 44.4 Å². The van der Waals surface area contributed by atoms with Crippen LogP contribution in [0.15, 0.2) is 51.8 Å². The lowest BCUT2D eigenvalue weighted by Crippen LogP contribution is -2.35. The zero-order valence-corrected chi connectivity index (χ0v) is 18.1. The van der Waals surface area contributed by atoms with Gasteiger partial charge in [-0.05, 0) is 48.7 Å². The number of carbonyl (C=O) groups is 2. The minimum absolute atomic E-state index is 0.0221. The van der Waals surface area contributed by atoms with Crippen LogP contribution in [0.25, 0.3) is 0 Å². The molecule has 0 bridgehead atoms.